The number of hydrogen-bond donors (Lipinski definition) is 0. The van der Waals surface area contributed by atoms with Crippen molar-refractivity contribution in [2.75, 3.05) is 6.61 Å². The Kier molecular flexibility index (Phi) is 8.42. The summed E-state index contributed by atoms with van der Waals surface area (Å²) in [6.45, 7) is 1.61. The van der Waals surface area contributed by atoms with E-state index < -0.39 is 36.0 Å². The summed E-state index contributed by atoms with van der Waals surface area (Å²) in [4.78, 5) is 25.5. The van der Waals surface area contributed by atoms with Gasteiger partial charge < -0.3 is 9.47 Å². The number of ketones is 1. The van der Waals surface area contributed by atoms with Crippen molar-refractivity contribution in [3.8, 4) is 5.75 Å². The zero-order valence-corrected chi connectivity index (χ0v) is 18.7. The quantitative estimate of drug-likeness (QED) is 0.163. The Bertz CT molecular complexity index is 901. The molecule has 2 aromatic carbocycles. The van der Waals surface area contributed by atoms with Crippen LogP contribution in [0.4, 0.5) is 17.6 Å². The highest BCUT2D eigenvalue weighted by Crippen LogP contribution is 2.31. The molecule has 0 fully saturated rings. The highest BCUT2D eigenvalue weighted by Gasteiger charge is 2.44. The van der Waals surface area contributed by atoms with Crippen LogP contribution in [0.25, 0.3) is 0 Å². The largest absolute Gasteiger partial charge is 0.465 e. The third-order valence-corrected chi connectivity index (χ3v) is 5.47. The molecule has 30 heavy (non-hydrogen) atoms. The molecule has 0 aliphatic rings. The van der Waals surface area contributed by atoms with Crippen molar-refractivity contribution in [1.82, 2.24) is 0 Å². The minimum atomic E-state index is -4.72. The molecule has 0 saturated heterocycles. The minimum Gasteiger partial charge on any atom is -0.465 e. The summed E-state index contributed by atoms with van der Waals surface area (Å²) in [7, 11) is 0. The van der Waals surface area contributed by atoms with Crippen molar-refractivity contribution < 1.29 is 36.6 Å². The first-order chi connectivity index (χ1) is 14.1. The first-order valence-electron chi connectivity index (χ1n) is 8.65. The molecule has 0 spiro atoms. The van der Waals surface area contributed by atoms with Crippen LogP contribution in [0.3, 0.4) is 0 Å². The third-order valence-electron chi connectivity index (χ3n) is 3.98. The average molecular weight is 556 g/mol. The standard InChI is InChI=1S/C20H16Br2F4O4/c1-2-29-18(28)14(10-13-15(21)7-4-8-16(13)22)17(27)11-5-3-6-12(9-11)30-20(25,26)19(23)24/h3-9,14,19H,2,10H2,1H3. The molecule has 2 rings (SSSR count). The summed E-state index contributed by atoms with van der Waals surface area (Å²) in [5.74, 6) is -3.43. The van der Waals surface area contributed by atoms with Gasteiger partial charge >= 0.3 is 18.5 Å². The summed E-state index contributed by atoms with van der Waals surface area (Å²) in [5.41, 5.74) is 0.472. The molecule has 0 radical (unpaired) electrons. The van der Waals surface area contributed by atoms with E-state index in [1.165, 1.54) is 12.1 Å². The van der Waals surface area contributed by atoms with Gasteiger partial charge in [-0.05, 0) is 43.2 Å². The number of Topliss-reactive ketones (excluding diaryl/α,β-unsaturated/α-hetero) is 1. The number of carbonyl (C=O) groups excluding carboxylic acids is 2. The van der Waals surface area contributed by atoms with Gasteiger partial charge in [0.05, 0.1) is 6.61 Å². The Morgan fingerprint density at radius 1 is 1.07 bits per heavy atom. The molecule has 0 N–H and O–H groups in total. The lowest BCUT2D eigenvalue weighted by atomic mass is 9.91. The van der Waals surface area contributed by atoms with E-state index in [1.807, 2.05) is 0 Å². The molecule has 10 heteroatoms. The van der Waals surface area contributed by atoms with Gasteiger partial charge in [0, 0.05) is 14.5 Å². The van der Waals surface area contributed by atoms with E-state index in [0.717, 1.165) is 12.1 Å². The maximum absolute atomic E-state index is 13.2. The van der Waals surface area contributed by atoms with Gasteiger partial charge in [-0.25, -0.2) is 0 Å². The van der Waals surface area contributed by atoms with Crippen LogP contribution in [0, 0.1) is 5.92 Å². The van der Waals surface area contributed by atoms with Crippen molar-refractivity contribution in [2.24, 2.45) is 5.92 Å². The van der Waals surface area contributed by atoms with Crippen molar-refractivity contribution in [3.05, 3.63) is 62.5 Å². The van der Waals surface area contributed by atoms with Crippen LogP contribution in [0.5, 0.6) is 5.75 Å². The number of esters is 1. The Hall–Kier alpha value is -1.94. The van der Waals surface area contributed by atoms with Crippen LogP contribution in [-0.4, -0.2) is 30.9 Å². The topological polar surface area (TPSA) is 52.6 Å². The normalized spacial score (nSPS) is 12.5. The predicted octanol–water partition coefficient (Wildman–Crippen LogP) is 6.05. The van der Waals surface area contributed by atoms with Crippen LogP contribution in [-0.2, 0) is 16.0 Å². The van der Waals surface area contributed by atoms with Gasteiger partial charge in [0.15, 0.2) is 5.78 Å². The summed E-state index contributed by atoms with van der Waals surface area (Å²) in [6.07, 6.45) is -8.81. The number of halogens is 6. The molecule has 1 atom stereocenters. The van der Waals surface area contributed by atoms with Gasteiger partial charge in [-0.3, -0.25) is 9.59 Å². The average Bonchev–Trinajstić information content (AvgIpc) is 2.67. The lowest BCUT2D eigenvalue weighted by molar-refractivity contribution is -0.253. The SMILES string of the molecule is CCOC(=O)C(Cc1c(Br)cccc1Br)C(=O)c1cccc(OC(F)(F)C(F)F)c1. The maximum Gasteiger partial charge on any atom is 0.461 e. The van der Waals surface area contributed by atoms with Crippen LogP contribution >= 0.6 is 31.9 Å². The van der Waals surface area contributed by atoms with Crippen LogP contribution < -0.4 is 4.74 Å². The Morgan fingerprint density at radius 3 is 2.23 bits per heavy atom. The second-order valence-corrected chi connectivity index (χ2v) is 7.77. The fourth-order valence-electron chi connectivity index (χ4n) is 2.57. The molecule has 0 heterocycles. The van der Waals surface area contributed by atoms with Gasteiger partial charge in [0.2, 0.25) is 0 Å². The van der Waals surface area contributed by atoms with Crippen LogP contribution in [0.15, 0.2) is 51.4 Å². The van der Waals surface area contributed by atoms with E-state index in [0.29, 0.717) is 14.5 Å². The van der Waals surface area contributed by atoms with E-state index >= 15 is 0 Å². The predicted molar refractivity (Wildman–Crippen MR) is 108 cm³/mol. The Balaban J connectivity index is 2.37. The molecule has 4 nitrogen and oxygen atoms in total. The van der Waals surface area contributed by atoms with Crippen LogP contribution in [0.1, 0.15) is 22.8 Å². The molecule has 162 valence electrons. The number of rotatable bonds is 9. The Labute approximate surface area is 186 Å². The van der Waals surface area contributed by atoms with E-state index in [2.05, 4.69) is 36.6 Å². The summed E-state index contributed by atoms with van der Waals surface area (Å²) in [5, 5.41) is 0. The first kappa shape index (κ1) is 24.3. The molecule has 1 unspecified atom stereocenters. The smallest absolute Gasteiger partial charge is 0.461 e. The number of alkyl halides is 4. The van der Waals surface area contributed by atoms with Crippen LogP contribution in [0.2, 0.25) is 0 Å². The van der Waals surface area contributed by atoms with Gasteiger partial charge in [-0.1, -0.05) is 50.1 Å². The minimum absolute atomic E-state index is 0.0313. The lowest BCUT2D eigenvalue weighted by Gasteiger charge is -2.19. The number of benzene rings is 2. The van der Waals surface area contributed by atoms with Gasteiger partial charge in [0.1, 0.15) is 11.7 Å². The molecular weight excluding hydrogens is 540 g/mol. The molecule has 0 aromatic heterocycles. The fraction of sp³-hybridized carbons (Fsp3) is 0.300. The molecule has 0 amide bonds. The van der Waals surface area contributed by atoms with E-state index in [9.17, 15) is 27.2 Å². The van der Waals surface area contributed by atoms with Gasteiger partial charge in [-0.2, -0.15) is 17.6 Å². The lowest BCUT2D eigenvalue weighted by Crippen LogP contribution is -2.33. The first-order valence-corrected chi connectivity index (χ1v) is 10.2. The highest BCUT2D eigenvalue weighted by molar-refractivity contribution is 9.11. The van der Waals surface area contributed by atoms with E-state index in [-0.39, 0.29) is 18.6 Å². The number of ether oxygens (including phenoxy) is 2. The van der Waals surface area contributed by atoms with Gasteiger partial charge in [-0.15, -0.1) is 0 Å². The second kappa shape index (κ2) is 10.4. The van der Waals surface area contributed by atoms with Crippen molar-refractivity contribution in [1.29, 1.82) is 0 Å². The molecule has 2 aromatic rings. The molecule has 0 bridgehead atoms. The molecular formula is C20H16Br2F4O4. The summed E-state index contributed by atoms with van der Waals surface area (Å²) >= 11 is 6.72. The molecule has 0 aliphatic carbocycles. The van der Waals surface area contributed by atoms with Crippen molar-refractivity contribution >= 4 is 43.6 Å². The maximum atomic E-state index is 13.2. The Morgan fingerprint density at radius 2 is 1.67 bits per heavy atom. The molecule has 0 aliphatic heterocycles. The van der Waals surface area contributed by atoms with Crippen molar-refractivity contribution in [3.63, 3.8) is 0 Å². The van der Waals surface area contributed by atoms with Gasteiger partial charge in [0.25, 0.3) is 0 Å². The van der Waals surface area contributed by atoms with E-state index in [1.54, 1.807) is 25.1 Å². The second-order valence-electron chi connectivity index (χ2n) is 6.07. The third kappa shape index (κ3) is 6.04. The number of hydrogen-bond acceptors (Lipinski definition) is 4. The number of carbonyl (C=O) groups is 2. The van der Waals surface area contributed by atoms with E-state index in [4.69, 9.17) is 4.74 Å². The van der Waals surface area contributed by atoms with Crippen molar-refractivity contribution in [2.45, 2.75) is 25.9 Å². The molecule has 0 saturated carbocycles. The fourth-order valence-corrected chi connectivity index (χ4v) is 3.90. The zero-order valence-electron chi connectivity index (χ0n) is 15.5. The highest BCUT2D eigenvalue weighted by atomic mass is 79.9. The zero-order chi connectivity index (χ0) is 22.5. The monoisotopic (exact) mass is 554 g/mol. The summed E-state index contributed by atoms with van der Waals surface area (Å²) < 4.78 is 61.5. The summed E-state index contributed by atoms with van der Waals surface area (Å²) in [6, 6.07) is 9.58.